The van der Waals surface area contributed by atoms with Crippen LogP contribution >= 0.6 is 0 Å². The van der Waals surface area contributed by atoms with Crippen molar-refractivity contribution in [2.24, 2.45) is 0 Å². The topological polar surface area (TPSA) is 0 Å². The smallest absolute Gasteiger partial charge is 0.0620 e. The molecule has 0 aliphatic carbocycles. The average Bonchev–Trinajstić information content (AvgIpc) is 3.01. The molecular formula is C39H46Si2. The highest BCUT2D eigenvalue weighted by Gasteiger charge is 2.06. The predicted molar refractivity (Wildman–Crippen MR) is 190 cm³/mol. The molecule has 2 heteroatoms. The molecule has 0 nitrogen and oxygen atoms in total. The SMILES string of the molecule is C=Cc1ccc(C)cc1.Cc1ccc(C(C)[SiH2]c2ccccc2)cc1.Cc1ccc(CC[SiH2]c2ccccc2)cc1. The van der Waals surface area contributed by atoms with E-state index in [0.717, 1.165) is 5.54 Å². The molecule has 5 aromatic rings. The van der Waals surface area contributed by atoms with E-state index in [2.05, 4.69) is 168 Å². The van der Waals surface area contributed by atoms with Crippen LogP contribution in [0.25, 0.3) is 6.08 Å². The third kappa shape index (κ3) is 12.5. The Morgan fingerprint density at radius 3 is 1.56 bits per heavy atom. The zero-order valence-corrected chi connectivity index (χ0v) is 28.2. The molecule has 0 aliphatic heterocycles. The maximum atomic E-state index is 3.66. The lowest BCUT2D eigenvalue weighted by Gasteiger charge is -2.11. The van der Waals surface area contributed by atoms with Crippen LogP contribution in [0.2, 0.25) is 6.04 Å². The van der Waals surface area contributed by atoms with E-state index in [1.807, 2.05) is 6.08 Å². The van der Waals surface area contributed by atoms with Crippen LogP contribution in [0, 0.1) is 20.8 Å². The summed E-state index contributed by atoms with van der Waals surface area (Å²) in [5.74, 6) is 0. The second-order valence-corrected chi connectivity index (χ2v) is 15.4. The first-order chi connectivity index (χ1) is 19.9. The third-order valence-electron chi connectivity index (χ3n) is 7.24. The lowest BCUT2D eigenvalue weighted by molar-refractivity contribution is 1.07. The largest absolute Gasteiger partial charge is 0.0985 e. The monoisotopic (exact) mass is 570 g/mol. The minimum Gasteiger partial charge on any atom is -0.0985 e. The van der Waals surface area contributed by atoms with Gasteiger partial charge in [0.15, 0.2) is 0 Å². The molecule has 0 N–H and O–H groups in total. The molecule has 41 heavy (non-hydrogen) atoms. The molecule has 1 atom stereocenters. The minimum absolute atomic E-state index is 0.0649. The molecule has 5 aromatic carbocycles. The zero-order valence-electron chi connectivity index (χ0n) is 25.4. The number of hydrogen-bond acceptors (Lipinski definition) is 0. The molecule has 0 heterocycles. The fraction of sp³-hybridized carbons (Fsp3) is 0.179. The van der Waals surface area contributed by atoms with Gasteiger partial charge in [-0.25, -0.2) is 0 Å². The van der Waals surface area contributed by atoms with Gasteiger partial charge in [0, 0.05) is 0 Å². The maximum absolute atomic E-state index is 3.66. The van der Waals surface area contributed by atoms with Crippen LogP contribution < -0.4 is 10.4 Å². The van der Waals surface area contributed by atoms with Crippen molar-refractivity contribution in [2.45, 2.75) is 45.7 Å². The van der Waals surface area contributed by atoms with Gasteiger partial charge in [0.05, 0.1) is 19.0 Å². The summed E-state index contributed by atoms with van der Waals surface area (Å²) in [7, 11) is -0.263. The van der Waals surface area contributed by atoms with Crippen LogP contribution in [0.1, 0.15) is 45.8 Å². The Morgan fingerprint density at radius 2 is 1.05 bits per heavy atom. The van der Waals surface area contributed by atoms with Crippen molar-refractivity contribution in [1.29, 1.82) is 0 Å². The van der Waals surface area contributed by atoms with Crippen molar-refractivity contribution in [3.8, 4) is 0 Å². The lowest BCUT2D eigenvalue weighted by atomic mass is 10.1. The van der Waals surface area contributed by atoms with Crippen molar-refractivity contribution in [2.75, 3.05) is 0 Å². The first-order valence-corrected chi connectivity index (χ1v) is 18.0. The molecule has 0 amide bonds. The lowest BCUT2D eigenvalue weighted by Crippen LogP contribution is -2.19. The fourth-order valence-electron chi connectivity index (χ4n) is 4.58. The summed E-state index contributed by atoms with van der Waals surface area (Å²) in [4.78, 5) is 0. The Labute approximate surface area is 253 Å². The van der Waals surface area contributed by atoms with Crippen molar-refractivity contribution in [1.82, 2.24) is 0 Å². The number of rotatable bonds is 8. The van der Waals surface area contributed by atoms with E-state index < -0.39 is 0 Å². The molecule has 5 rings (SSSR count). The van der Waals surface area contributed by atoms with Gasteiger partial charge in [-0.3, -0.25) is 0 Å². The van der Waals surface area contributed by atoms with Crippen LogP contribution in [0.5, 0.6) is 0 Å². The molecule has 0 spiro atoms. The Kier molecular flexibility index (Phi) is 13.8. The fourth-order valence-corrected chi connectivity index (χ4v) is 7.94. The quantitative estimate of drug-likeness (QED) is 0.168. The van der Waals surface area contributed by atoms with Gasteiger partial charge in [-0.1, -0.05) is 186 Å². The number of benzene rings is 5. The van der Waals surface area contributed by atoms with E-state index in [1.165, 1.54) is 45.8 Å². The minimum atomic E-state index is -0.198. The van der Waals surface area contributed by atoms with E-state index in [9.17, 15) is 0 Å². The molecule has 0 radical (unpaired) electrons. The van der Waals surface area contributed by atoms with E-state index >= 15 is 0 Å². The van der Waals surface area contributed by atoms with Crippen LogP contribution in [-0.4, -0.2) is 19.0 Å². The van der Waals surface area contributed by atoms with Crippen LogP contribution in [-0.2, 0) is 6.42 Å². The predicted octanol–water partition coefficient (Wildman–Crippen LogP) is 7.64. The maximum Gasteiger partial charge on any atom is 0.0620 e. The van der Waals surface area contributed by atoms with E-state index in [-0.39, 0.29) is 19.0 Å². The Morgan fingerprint density at radius 1 is 0.585 bits per heavy atom. The Hall–Kier alpha value is -3.73. The first kappa shape index (κ1) is 31.8. The number of hydrogen-bond donors (Lipinski definition) is 0. The average molecular weight is 571 g/mol. The molecule has 0 saturated heterocycles. The van der Waals surface area contributed by atoms with Crippen molar-refractivity contribution < 1.29 is 0 Å². The molecule has 210 valence electrons. The molecular weight excluding hydrogens is 525 g/mol. The van der Waals surface area contributed by atoms with Gasteiger partial charge in [0.2, 0.25) is 0 Å². The summed E-state index contributed by atoms with van der Waals surface area (Å²) in [6, 6.07) is 49.4. The highest BCUT2D eigenvalue weighted by molar-refractivity contribution is 6.55. The third-order valence-corrected chi connectivity index (χ3v) is 11.0. The Bertz CT molecular complexity index is 1390. The molecule has 0 aliphatic rings. The second kappa shape index (κ2) is 17.9. The summed E-state index contributed by atoms with van der Waals surface area (Å²) in [6.07, 6.45) is 3.08. The van der Waals surface area contributed by atoms with Gasteiger partial charge in [0.1, 0.15) is 0 Å². The van der Waals surface area contributed by atoms with Crippen molar-refractivity contribution >= 4 is 35.5 Å². The summed E-state index contributed by atoms with van der Waals surface area (Å²) >= 11 is 0. The number of aryl methyl sites for hydroxylation is 4. The van der Waals surface area contributed by atoms with Crippen molar-refractivity contribution in [3.05, 3.63) is 173 Å². The standard InChI is InChI=1S/2C15H18Si.C9H10/c1-12-8-10-14(11-9-12)13(2)16-15-6-4-3-5-7-15;1-13-7-9-14(10-8-13)11-12-16-15-5-3-2-4-6-15;1-3-9-6-4-8(2)5-7-9/h3-11,13H,16H2,1-2H3;2-10H,11-12,16H2,1H3;3-7H,1H2,2H3. The van der Waals surface area contributed by atoms with Crippen LogP contribution in [0.3, 0.4) is 0 Å². The normalized spacial score (nSPS) is 11.4. The summed E-state index contributed by atoms with van der Waals surface area (Å²) in [5, 5.41) is 3.13. The van der Waals surface area contributed by atoms with Crippen LogP contribution in [0.15, 0.2) is 140 Å². The van der Waals surface area contributed by atoms with Gasteiger partial charge < -0.3 is 0 Å². The molecule has 0 fully saturated rings. The summed E-state index contributed by atoms with van der Waals surface area (Å²) in [6.45, 7) is 12.4. The summed E-state index contributed by atoms with van der Waals surface area (Å²) < 4.78 is 0. The molecule has 0 aromatic heterocycles. The first-order valence-electron chi connectivity index (χ1n) is 14.8. The van der Waals surface area contributed by atoms with Gasteiger partial charge in [-0.2, -0.15) is 0 Å². The highest BCUT2D eigenvalue weighted by atomic mass is 28.2. The summed E-state index contributed by atoms with van der Waals surface area (Å²) in [5.41, 5.74) is 8.86. The van der Waals surface area contributed by atoms with Gasteiger partial charge in [-0.05, 0) is 49.4 Å². The van der Waals surface area contributed by atoms with E-state index in [1.54, 1.807) is 10.4 Å². The van der Waals surface area contributed by atoms with Gasteiger partial charge in [0.25, 0.3) is 0 Å². The van der Waals surface area contributed by atoms with Gasteiger partial charge in [-0.15, -0.1) is 0 Å². The second-order valence-electron chi connectivity index (χ2n) is 10.9. The van der Waals surface area contributed by atoms with E-state index in [4.69, 9.17) is 0 Å². The zero-order chi connectivity index (χ0) is 29.3. The molecule has 0 bridgehead atoms. The van der Waals surface area contributed by atoms with E-state index in [0.29, 0.717) is 0 Å². The highest BCUT2D eigenvalue weighted by Crippen LogP contribution is 2.14. The molecule has 0 saturated carbocycles. The van der Waals surface area contributed by atoms with Gasteiger partial charge >= 0.3 is 0 Å². The van der Waals surface area contributed by atoms with Crippen molar-refractivity contribution in [3.63, 3.8) is 0 Å². The van der Waals surface area contributed by atoms with Crippen LogP contribution in [0.4, 0.5) is 0 Å². The molecule has 1 unspecified atom stereocenters. The Balaban J connectivity index is 0.000000176.